The van der Waals surface area contributed by atoms with Gasteiger partial charge >= 0.3 is 0 Å². The average Bonchev–Trinajstić information content (AvgIpc) is 1.37. The maximum atomic E-state index is 7.88. The fraction of sp³-hybridized carbons (Fsp3) is 1.00. The van der Waals surface area contributed by atoms with Gasteiger partial charge in [0.15, 0.2) is 0 Å². The van der Waals surface area contributed by atoms with Crippen molar-refractivity contribution in [3.05, 3.63) is 0 Å². The van der Waals surface area contributed by atoms with E-state index in [9.17, 15) is 0 Å². The van der Waals surface area contributed by atoms with E-state index < -0.39 is 0 Å². The van der Waals surface area contributed by atoms with Crippen LogP contribution in [0.1, 0.15) is 13.3 Å². The van der Waals surface area contributed by atoms with Crippen molar-refractivity contribution in [3.63, 3.8) is 0 Å². The van der Waals surface area contributed by atoms with Crippen LogP contribution in [0, 0.1) is 0 Å². The summed E-state index contributed by atoms with van der Waals surface area (Å²) in [5, 5.41) is 7.88. The summed E-state index contributed by atoms with van der Waals surface area (Å²) in [6, 6.07) is 0. The molecule has 0 rings (SSSR count). The van der Waals surface area contributed by atoms with Crippen LogP contribution in [0.5, 0.6) is 0 Å². The molecule has 0 amide bonds. The molecule has 0 saturated heterocycles. The minimum absolute atomic E-state index is 0. The van der Waals surface area contributed by atoms with Gasteiger partial charge in [0.25, 0.3) is 0 Å². The van der Waals surface area contributed by atoms with Crippen LogP contribution in [0.2, 0.25) is 0 Å². The van der Waals surface area contributed by atoms with Gasteiger partial charge in [-0.05, 0) is 6.42 Å². The summed E-state index contributed by atoms with van der Waals surface area (Å²) in [6.45, 7) is 2.25. The van der Waals surface area contributed by atoms with E-state index in [1.54, 1.807) is 0 Å². The van der Waals surface area contributed by atoms with Crippen LogP contribution in [-0.2, 0) is 19.5 Å². The first kappa shape index (κ1) is 9.13. The van der Waals surface area contributed by atoms with Gasteiger partial charge in [0.2, 0.25) is 0 Å². The second kappa shape index (κ2) is 8.82. The summed E-state index contributed by atoms with van der Waals surface area (Å²) >= 11 is 0. The summed E-state index contributed by atoms with van der Waals surface area (Å²) in [4.78, 5) is 0. The minimum Gasteiger partial charge on any atom is -0.396 e. The Kier molecular flexibility index (Phi) is 16.1. The third kappa shape index (κ3) is 12.2. The molecule has 34 valence electrons. The van der Waals surface area contributed by atoms with Crippen molar-refractivity contribution in [3.8, 4) is 0 Å². The summed E-state index contributed by atoms with van der Waals surface area (Å²) in [6.07, 6.45) is 0.875. The maximum Gasteiger partial charge on any atom is 0.0428 e. The SMILES string of the molecule is CCCO.[Ru]. The Morgan fingerprint density at radius 3 is 1.80 bits per heavy atom. The van der Waals surface area contributed by atoms with Gasteiger partial charge in [0, 0.05) is 26.1 Å². The van der Waals surface area contributed by atoms with Crippen LogP contribution >= 0.6 is 0 Å². The zero-order valence-electron chi connectivity index (χ0n) is 3.21. The fourth-order valence-corrected chi connectivity index (χ4v) is 0. The molecule has 1 N–H and O–H groups in total. The van der Waals surface area contributed by atoms with E-state index in [-0.39, 0.29) is 19.5 Å². The smallest absolute Gasteiger partial charge is 0.0428 e. The Morgan fingerprint density at radius 2 is 1.80 bits per heavy atom. The van der Waals surface area contributed by atoms with Crippen molar-refractivity contribution in [2.45, 2.75) is 13.3 Å². The zero-order chi connectivity index (χ0) is 3.41. The molecule has 2 heteroatoms. The standard InChI is InChI=1S/C3H8O.Ru/c1-2-3-4;/h4H,2-3H2,1H3;. The van der Waals surface area contributed by atoms with Gasteiger partial charge in [-0.1, -0.05) is 6.92 Å². The van der Waals surface area contributed by atoms with Gasteiger partial charge in [-0.25, -0.2) is 0 Å². The Bertz CT molecular complexity index is 8.85. The molecule has 0 bridgehead atoms. The van der Waals surface area contributed by atoms with Crippen molar-refractivity contribution >= 4 is 0 Å². The summed E-state index contributed by atoms with van der Waals surface area (Å²) in [5.41, 5.74) is 0. The second-order valence-electron chi connectivity index (χ2n) is 0.724. The predicted octanol–water partition coefficient (Wildman–Crippen LogP) is 0.386. The molecular weight excluding hydrogens is 153 g/mol. The van der Waals surface area contributed by atoms with E-state index in [0.29, 0.717) is 6.61 Å². The summed E-state index contributed by atoms with van der Waals surface area (Å²) < 4.78 is 0. The van der Waals surface area contributed by atoms with Crippen molar-refractivity contribution in [2.24, 2.45) is 0 Å². The summed E-state index contributed by atoms with van der Waals surface area (Å²) in [5.74, 6) is 0. The molecule has 5 heavy (non-hydrogen) atoms. The van der Waals surface area contributed by atoms with E-state index in [0.717, 1.165) is 6.42 Å². The quantitative estimate of drug-likeness (QED) is 0.551. The van der Waals surface area contributed by atoms with Crippen LogP contribution in [0.15, 0.2) is 0 Å². The Balaban J connectivity index is 0. The first-order valence-corrected chi connectivity index (χ1v) is 1.52. The molecule has 0 fully saturated rings. The van der Waals surface area contributed by atoms with E-state index >= 15 is 0 Å². The Morgan fingerprint density at radius 1 is 1.60 bits per heavy atom. The van der Waals surface area contributed by atoms with Crippen molar-refractivity contribution < 1.29 is 24.6 Å². The number of hydrogen-bond donors (Lipinski definition) is 1. The predicted molar refractivity (Wildman–Crippen MR) is 17.4 cm³/mol. The zero-order valence-corrected chi connectivity index (χ0v) is 4.95. The minimum atomic E-state index is 0. The van der Waals surface area contributed by atoms with Crippen molar-refractivity contribution in [1.29, 1.82) is 0 Å². The molecule has 0 aromatic carbocycles. The molecule has 0 aromatic rings. The molecule has 0 unspecified atom stereocenters. The summed E-state index contributed by atoms with van der Waals surface area (Å²) in [7, 11) is 0. The molecule has 0 spiro atoms. The second-order valence-corrected chi connectivity index (χ2v) is 0.724. The molecule has 0 aliphatic heterocycles. The van der Waals surface area contributed by atoms with E-state index in [1.807, 2.05) is 6.92 Å². The number of aliphatic hydroxyl groups is 1. The van der Waals surface area contributed by atoms with Crippen LogP contribution < -0.4 is 0 Å². The van der Waals surface area contributed by atoms with Gasteiger partial charge in [-0.3, -0.25) is 0 Å². The van der Waals surface area contributed by atoms with Gasteiger partial charge in [-0.15, -0.1) is 0 Å². The molecule has 0 heterocycles. The third-order valence-electron chi connectivity index (χ3n) is 0.224. The molecule has 1 nitrogen and oxygen atoms in total. The van der Waals surface area contributed by atoms with E-state index in [1.165, 1.54) is 0 Å². The molecule has 0 aliphatic carbocycles. The molecular formula is C3H8ORu. The first-order chi connectivity index (χ1) is 1.91. The molecule has 0 saturated carbocycles. The van der Waals surface area contributed by atoms with Crippen molar-refractivity contribution in [1.82, 2.24) is 0 Å². The number of rotatable bonds is 1. The Labute approximate surface area is 45.1 Å². The molecule has 0 radical (unpaired) electrons. The first-order valence-electron chi connectivity index (χ1n) is 1.52. The fourth-order valence-electron chi connectivity index (χ4n) is 0. The number of hydrogen-bond acceptors (Lipinski definition) is 1. The third-order valence-corrected chi connectivity index (χ3v) is 0.224. The topological polar surface area (TPSA) is 20.2 Å². The van der Waals surface area contributed by atoms with E-state index in [2.05, 4.69) is 0 Å². The molecule has 0 atom stereocenters. The number of aliphatic hydroxyl groups excluding tert-OH is 1. The van der Waals surface area contributed by atoms with Crippen LogP contribution in [-0.4, -0.2) is 11.7 Å². The van der Waals surface area contributed by atoms with Crippen molar-refractivity contribution in [2.75, 3.05) is 6.61 Å². The van der Waals surface area contributed by atoms with Gasteiger partial charge in [-0.2, -0.15) is 0 Å². The molecule has 0 aliphatic rings. The maximum absolute atomic E-state index is 7.88. The monoisotopic (exact) mass is 162 g/mol. The average molecular weight is 161 g/mol. The van der Waals surface area contributed by atoms with Gasteiger partial charge in [0.05, 0.1) is 0 Å². The van der Waals surface area contributed by atoms with E-state index in [4.69, 9.17) is 5.11 Å². The normalized spacial score (nSPS) is 6.00. The van der Waals surface area contributed by atoms with Crippen LogP contribution in [0.4, 0.5) is 0 Å². The molecule has 0 aromatic heterocycles. The van der Waals surface area contributed by atoms with Crippen LogP contribution in [0.25, 0.3) is 0 Å². The van der Waals surface area contributed by atoms with Gasteiger partial charge in [0.1, 0.15) is 0 Å². The van der Waals surface area contributed by atoms with Crippen LogP contribution in [0.3, 0.4) is 0 Å². The largest absolute Gasteiger partial charge is 0.396 e. The van der Waals surface area contributed by atoms with Gasteiger partial charge < -0.3 is 5.11 Å². The Hall–Kier alpha value is 0.583.